The third-order valence-corrected chi connectivity index (χ3v) is 4.63. The van der Waals surface area contributed by atoms with Gasteiger partial charge in [-0.2, -0.15) is 5.10 Å². The first kappa shape index (κ1) is 16.3. The largest absolute Gasteiger partial charge is 0.481 e. The van der Waals surface area contributed by atoms with Crippen LogP contribution in [0.15, 0.2) is 0 Å². The van der Waals surface area contributed by atoms with Gasteiger partial charge < -0.3 is 15.2 Å². The Labute approximate surface area is 127 Å². The standard InChI is InChI=1S/C15H28N4O2/c1-10-6-7-19(9-13(10)20-4)12(8-16)14-11(2)17-18(3)15(14)21-5/h10,12-13H,6-9,16H2,1-5H3. The Hall–Kier alpha value is -1.11. The molecule has 0 bridgehead atoms. The predicted molar refractivity (Wildman–Crippen MR) is 82.4 cm³/mol. The fourth-order valence-electron chi connectivity index (χ4n) is 3.38. The average molecular weight is 296 g/mol. The van der Waals surface area contributed by atoms with Crippen molar-refractivity contribution >= 4 is 0 Å². The molecule has 21 heavy (non-hydrogen) atoms. The van der Waals surface area contributed by atoms with Crippen molar-refractivity contribution in [2.24, 2.45) is 18.7 Å². The van der Waals surface area contributed by atoms with E-state index in [9.17, 15) is 0 Å². The normalized spacial score (nSPS) is 25.0. The zero-order valence-electron chi connectivity index (χ0n) is 13.8. The lowest BCUT2D eigenvalue weighted by Crippen LogP contribution is -2.47. The van der Waals surface area contributed by atoms with Gasteiger partial charge in [-0.1, -0.05) is 6.92 Å². The van der Waals surface area contributed by atoms with E-state index in [1.807, 2.05) is 14.0 Å². The molecule has 1 aliphatic heterocycles. The molecular weight excluding hydrogens is 268 g/mol. The molecule has 1 aromatic heterocycles. The zero-order chi connectivity index (χ0) is 15.6. The Balaban J connectivity index is 2.28. The molecule has 2 heterocycles. The van der Waals surface area contributed by atoms with Gasteiger partial charge in [0.1, 0.15) is 0 Å². The van der Waals surface area contributed by atoms with Crippen LogP contribution in [0.2, 0.25) is 0 Å². The van der Waals surface area contributed by atoms with Gasteiger partial charge in [-0.3, -0.25) is 4.90 Å². The van der Waals surface area contributed by atoms with Crippen LogP contribution in [0.3, 0.4) is 0 Å². The fourth-order valence-corrected chi connectivity index (χ4v) is 3.38. The van der Waals surface area contributed by atoms with Crippen molar-refractivity contribution in [3.8, 4) is 5.88 Å². The lowest BCUT2D eigenvalue weighted by atomic mass is 9.93. The summed E-state index contributed by atoms with van der Waals surface area (Å²) in [5.74, 6) is 1.39. The summed E-state index contributed by atoms with van der Waals surface area (Å²) in [7, 11) is 5.38. The summed E-state index contributed by atoms with van der Waals surface area (Å²) in [6, 6.07) is 0.124. The van der Waals surface area contributed by atoms with Gasteiger partial charge in [0.2, 0.25) is 5.88 Å². The molecule has 1 saturated heterocycles. The van der Waals surface area contributed by atoms with Crippen molar-refractivity contribution in [1.82, 2.24) is 14.7 Å². The first-order valence-electron chi connectivity index (χ1n) is 7.57. The Morgan fingerprint density at radius 3 is 2.71 bits per heavy atom. The van der Waals surface area contributed by atoms with E-state index in [2.05, 4.69) is 16.9 Å². The fraction of sp³-hybridized carbons (Fsp3) is 0.800. The van der Waals surface area contributed by atoms with Gasteiger partial charge in [0.05, 0.1) is 30.5 Å². The summed E-state index contributed by atoms with van der Waals surface area (Å²) < 4.78 is 12.9. The predicted octanol–water partition coefficient (Wildman–Crippen LogP) is 1.09. The van der Waals surface area contributed by atoms with Crippen LogP contribution in [0.25, 0.3) is 0 Å². The van der Waals surface area contributed by atoms with Crippen LogP contribution < -0.4 is 10.5 Å². The van der Waals surface area contributed by atoms with Crippen LogP contribution >= 0.6 is 0 Å². The minimum Gasteiger partial charge on any atom is -0.481 e. The van der Waals surface area contributed by atoms with E-state index < -0.39 is 0 Å². The summed E-state index contributed by atoms with van der Waals surface area (Å²) in [4.78, 5) is 2.40. The van der Waals surface area contributed by atoms with Crippen molar-refractivity contribution in [2.45, 2.75) is 32.4 Å². The summed E-state index contributed by atoms with van der Waals surface area (Å²) in [5.41, 5.74) is 8.17. The monoisotopic (exact) mass is 296 g/mol. The zero-order valence-corrected chi connectivity index (χ0v) is 13.8. The molecule has 0 amide bonds. The molecule has 0 aliphatic carbocycles. The minimum absolute atomic E-state index is 0.124. The molecule has 1 fully saturated rings. The number of likely N-dealkylation sites (tertiary alicyclic amines) is 1. The number of methoxy groups -OCH3 is 2. The van der Waals surface area contributed by atoms with E-state index in [-0.39, 0.29) is 12.1 Å². The number of hydrogen-bond acceptors (Lipinski definition) is 5. The first-order valence-corrected chi connectivity index (χ1v) is 7.57. The number of aromatic nitrogens is 2. The smallest absolute Gasteiger partial charge is 0.216 e. The Kier molecular flexibility index (Phi) is 5.24. The summed E-state index contributed by atoms with van der Waals surface area (Å²) in [6.07, 6.45) is 1.38. The topological polar surface area (TPSA) is 65.5 Å². The highest BCUT2D eigenvalue weighted by atomic mass is 16.5. The van der Waals surface area contributed by atoms with Gasteiger partial charge in [-0.15, -0.1) is 0 Å². The molecule has 2 N–H and O–H groups in total. The number of nitrogens with zero attached hydrogens (tertiary/aromatic N) is 3. The third kappa shape index (κ3) is 3.07. The van der Waals surface area contributed by atoms with E-state index in [4.69, 9.17) is 15.2 Å². The molecule has 6 heteroatoms. The van der Waals surface area contributed by atoms with Crippen LogP contribution in [-0.4, -0.2) is 54.6 Å². The second-order valence-electron chi connectivity index (χ2n) is 5.92. The molecule has 0 spiro atoms. The molecule has 120 valence electrons. The molecule has 6 nitrogen and oxygen atoms in total. The highest BCUT2D eigenvalue weighted by molar-refractivity contribution is 5.34. The van der Waals surface area contributed by atoms with Crippen LogP contribution in [-0.2, 0) is 11.8 Å². The van der Waals surface area contributed by atoms with Crippen LogP contribution in [0.4, 0.5) is 0 Å². The van der Waals surface area contributed by atoms with Gasteiger partial charge in [0.25, 0.3) is 0 Å². The Bertz CT molecular complexity index is 474. The lowest BCUT2D eigenvalue weighted by molar-refractivity contribution is -0.0186. The first-order chi connectivity index (χ1) is 10.0. The van der Waals surface area contributed by atoms with E-state index >= 15 is 0 Å². The van der Waals surface area contributed by atoms with Crippen molar-refractivity contribution in [3.05, 3.63) is 11.3 Å². The van der Waals surface area contributed by atoms with Gasteiger partial charge >= 0.3 is 0 Å². The second-order valence-corrected chi connectivity index (χ2v) is 5.92. The number of hydrogen-bond donors (Lipinski definition) is 1. The number of piperidine rings is 1. The van der Waals surface area contributed by atoms with Gasteiger partial charge in [0.15, 0.2) is 0 Å². The third-order valence-electron chi connectivity index (χ3n) is 4.63. The van der Waals surface area contributed by atoms with Crippen LogP contribution in [0, 0.1) is 12.8 Å². The maximum Gasteiger partial charge on any atom is 0.216 e. The highest BCUT2D eigenvalue weighted by Gasteiger charge is 2.33. The molecule has 3 unspecified atom stereocenters. The van der Waals surface area contributed by atoms with Crippen molar-refractivity contribution in [2.75, 3.05) is 33.9 Å². The van der Waals surface area contributed by atoms with Crippen molar-refractivity contribution < 1.29 is 9.47 Å². The summed E-state index contributed by atoms with van der Waals surface area (Å²) in [6.45, 7) is 6.74. The van der Waals surface area contributed by atoms with Gasteiger partial charge in [-0.25, -0.2) is 4.68 Å². The maximum atomic E-state index is 6.08. The van der Waals surface area contributed by atoms with E-state index in [0.717, 1.165) is 36.6 Å². The van der Waals surface area contributed by atoms with E-state index in [1.165, 1.54) is 0 Å². The van der Waals surface area contributed by atoms with Gasteiger partial charge in [-0.05, 0) is 25.8 Å². The molecule has 3 atom stereocenters. The SMILES string of the molecule is COc1c(C(CN)N2CCC(C)C(OC)C2)c(C)nn1C. The van der Waals surface area contributed by atoms with Gasteiger partial charge in [0, 0.05) is 27.2 Å². The number of ether oxygens (including phenoxy) is 2. The second kappa shape index (κ2) is 6.77. The molecule has 0 saturated carbocycles. The van der Waals surface area contributed by atoms with E-state index in [0.29, 0.717) is 12.5 Å². The number of nitrogens with two attached hydrogens (primary N) is 1. The van der Waals surface area contributed by atoms with Crippen molar-refractivity contribution in [3.63, 3.8) is 0 Å². The van der Waals surface area contributed by atoms with E-state index in [1.54, 1.807) is 18.9 Å². The average Bonchev–Trinajstić information content (AvgIpc) is 2.75. The molecule has 0 radical (unpaired) electrons. The molecule has 1 aliphatic rings. The minimum atomic E-state index is 0.124. The summed E-state index contributed by atoms with van der Waals surface area (Å²) >= 11 is 0. The Morgan fingerprint density at radius 1 is 1.43 bits per heavy atom. The molecular formula is C15H28N4O2. The number of aryl methyl sites for hydroxylation is 2. The molecule has 2 rings (SSSR count). The number of rotatable bonds is 5. The van der Waals surface area contributed by atoms with Crippen molar-refractivity contribution in [1.29, 1.82) is 0 Å². The summed E-state index contributed by atoms with van der Waals surface area (Å²) in [5, 5.41) is 4.48. The van der Waals surface area contributed by atoms with Crippen LogP contribution in [0.1, 0.15) is 30.6 Å². The highest BCUT2D eigenvalue weighted by Crippen LogP contribution is 2.34. The molecule has 1 aromatic rings. The van der Waals surface area contributed by atoms with Crippen LogP contribution in [0.5, 0.6) is 5.88 Å². The molecule has 0 aromatic carbocycles. The maximum absolute atomic E-state index is 6.08. The quantitative estimate of drug-likeness (QED) is 0.881. The lowest BCUT2D eigenvalue weighted by Gasteiger charge is -2.40. The Morgan fingerprint density at radius 2 is 2.14 bits per heavy atom.